The quantitative estimate of drug-likeness (QED) is 0.723. The van der Waals surface area contributed by atoms with E-state index < -0.39 is 0 Å². The van der Waals surface area contributed by atoms with Gasteiger partial charge in [-0.3, -0.25) is 9.78 Å². The van der Waals surface area contributed by atoms with Crippen molar-refractivity contribution in [1.82, 2.24) is 20.2 Å². The van der Waals surface area contributed by atoms with Crippen molar-refractivity contribution in [2.45, 2.75) is 19.8 Å². The molecule has 0 amide bonds. The molecule has 0 aliphatic heterocycles. The zero-order valence-corrected chi connectivity index (χ0v) is 7.98. The fourth-order valence-corrected chi connectivity index (χ4v) is 1.16. The molecule has 2 rings (SSSR count). The van der Waals surface area contributed by atoms with Crippen LogP contribution in [0.5, 0.6) is 0 Å². The predicted molar refractivity (Wildman–Crippen MR) is 52.0 cm³/mol. The van der Waals surface area contributed by atoms with Gasteiger partial charge in [0.15, 0.2) is 5.52 Å². The van der Waals surface area contributed by atoms with Crippen LogP contribution in [0.1, 0.15) is 25.5 Å². The first kappa shape index (κ1) is 8.80. The SMILES string of the molecule is CC(C)c1cnc2cn[nH]c(=O)c2n1. The van der Waals surface area contributed by atoms with Crippen LogP contribution in [-0.2, 0) is 0 Å². The topological polar surface area (TPSA) is 71.5 Å². The van der Waals surface area contributed by atoms with Gasteiger partial charge in [0.1, 0.15) is 5.52 Å². The van der Waals surface area contributed by atoms with Gasteiger partial charge in [-0.25, -0.2) is 10.1 Å². The lowest BCUT2D eigenvalue weighted by atomic mass is 10.1. The number of hydrogen-bond donors (Lipinski definition) is 1. The molecule has 0 radical (unpaired) electrons. The van der Waals surface area contributed by atoms with Gasteiger partial charge in [-0.1, -0.05) is 13.8 Å². The fraction of sp³-hybridized carbons (Fsp3) is 0.333. The molecule has 14 heavy (non-hydrogen) atoms. The van der Waals surface area contributed by atoms with Gasteiger partial charge in [0.25, 0.3) is 5.56 Å². The van der Waals surface area contributed by atoms with Crippen LogP contribution in [0, 0.1) is 0 Å². The molecule has 5 heteroatoms. The van der Waals surface area contributed by atoms with E-state index in [0.29, 0.717) is 11.0 Å². The molecule has 0 aromatic carbocycles. The van der Waals surface area contributed by atoms with E-state index in [2.05, 4.69) is 20.2 Å². The molecule has 0 aliphatic carbocycles. The molecule has 0 saturated heterocycles. The van der Waals surface area contributed by atoms with Crippen molar-refractivity contribution in [2.75, 3.05) is 0 Å². The average molecular weight is 190 g/mol. The van der Waals surface area contributed by atoms with Crippen LogP contribution in [0.3, 0.4) is 0 Å². The van der Waals surface area contributed by atoms with Crippen molar-refractivity contribution in [2.24, 2.45) is 0 Å². The largest absolute Gasteiger partial charge is 0.292 e. The Labute approximate surface area is 80.2 Å². The fourth-order valence-electron chi connectivity index (χ4n) is 1.16. The predicted octanol–water partition coefficient (Wildman–Crippen LogP) is 0.836. The van der Waals surface area contributed by atoms with E-state index in [1.54, 1.807) is 6.20 Å². The number of nitrogens with one attached hydrogen (secondary N) is 1. The molecule has 0 spiro atoms. The van der Waals surface area contributed by atoms with E-state index in [9.17, 15) is 4.79 Å². The summed E-state index contributed by atoms with van der Waals surface area (Å²) < 4.78 is 0. The van der Waals surface area contributed by atoms with Gasteiger partial charge in [-0.2, -0.15) is 5.10 Å². The summed E-state index contributed by atoms with van der Waals surface area (Å²) in [6.45, 7) is 4.01. The minimum atomic E-state index is -0.294. The van der Waals surface area contributed by atoms with E-state index >= 15 is 0 Å². The van der Waals surface area contributed by atoms with Gasteiger partial charge in [-0.05, 0) is 5.92 Å². The normalized spacial score (nSPS) is 11.1. The molecule has 2 heterocycles. The van der Waals surface area contributed by atoms with Crippen LogP contribution >= 0.6 is 0 Å². The van der Waals surface area contributed by atoms with E-state index in [1.807, 2.05) is 13.8 Å². The van der Waals surface area contributed by atoms with Crippen LogP contribution < -0.4 is 5.56 Å². The van der Waals surface area contributed by atoms with Crippen LogP contribution in [0.25, 0.3) is 11.0 Å². The van der Waals surface area contributed by atoms with Crippen molar-refractivity contribution < 1.29 is 0 Å². The van der Waals surface area contributed by atoms with Gasteiger partial charge >= 0.3 is 0 Å². The highest BCUT2D eigenvalue weighted by molar-refractivity contribution is 5.71. The lowest BCUT2D eigenvalue weighted by Gasteiger charge is -2.03. The average Bonchev–Trinajstić information content (AvgIpc) is 2.18. The maximum atomic E-state index is 11.3. The molecule has 1 N–H and O–H groups in total. The number of aromatic nitrogens is 4. The van der Waals surface area contributed by atoms with Gasteiger partial charge in [0.2, 0.25) is 0 Å². The summed E-state index contributed by atoms with van der Waals surface area (Å²) in [5, 5.41) is 5.98. The number of aromatic amines is 1. The Kier molecular flexibility index (Phi) is 1.99. The molecule has 0 fully saturated rings. The first-order chi connectivity index (χ1) is 6.68. The summed E-state index contributed by atoms with van der Waals surface area (Å²) in [7, 11) is 0. The van der Waals surface area contributed by atoms with Crippen molar-refractivity contribution in [3.63, 3.8) is 0 Å². The van der Waals surface area contributed by atoms with Gasteiger partial charge < -0.3 is 0 Å². The second-order valence-corrected chi connectivity index (χ2v) is 3.38. The third-order valence-electron chi connectivity index (χ3n) is 1.98. The monoisotopic (exact) mass is 190 g/mol. The molecule has 0 saturated carbocycles. The lowest BCUT2D eigenvalue weighted by Crippen LogP contribution is -2.11. The Hall–Kier alpha value is -1.78. The summed E-state index contributed by atoms with van der Waals surface area (Å²) >= 11 is 0. The number of hydrogen-bond acceptors (Lipinski definition) is 4. The molecule has 72 valence electrons. The third kappa shape index (κ3) is 1.37. The van der Waals surface area contributed by atoms with E-state index in [4.69, 9.17) is 0 Å². The molecule has 0 unspecified atom stereocenters. The highest BCUT2D eigenvalue weighted by Gasteiger charge is 2.05. The lowest BCUT2D eigenvalue weighted by molar-refractivity contribution is 0.818. The molecular formula is C9H10N4O. The highest BCUT2D eigenvalue weighted by Crippen LogP contribution is 2.11. The van der Waals surface area contributed by atoms with Crippen molar-refractivity contribution in [3.8, 4) is 0 Å². The molecule has 5 nitrogen and oxygen atoms in total. The van der Waals surface area contributed by atoms with Crippen LogP contribution in [0.2, 0.25) is 0 Å². The van der Waals surface area contributed by atoms with Crippen molar-refractivity contribution in [1.29, 1.82) is 0 Å². The van der Waals surface area contributed by atoms with Crippen molar-refractivity contribution >= 4 is 11.0 Å². The molecule has 2 aromatic rings. The van der Waals surface area contributed by atoms with Gasteiger partial charge in [0.05, 0.1) is 11.9 Å². The van der Waals surface area contributed by atoms with Gasteiger partial charge in [0, 0.05) is 6.20 Å². The van der Waals surface area contributed by atoms with Crippen LogP contribution in [0.15, 0.2) is 17.2 Å². The van der Waals surface area contributed by atoms with E-state index in [0.717, 1.165) is 5.69 Å². The second kappa shape index (κ2) is 3.17. The standard InChI is InChI=1S/C9H10N4O/c1-5(2)6-3-10-7-4-11-13-9(14)8(7)12-6/h3-5H,1-2H3,(H,13,14). The van der Waals surface area contributed by atoms with E-state index in [-0.39, 0.29) is 11.5 Å². The second-order valence-electron chi connectivity index (χ2n) is 3.38. The minimum absolute atomic E-state index is 0.263. The Bertz CT molecular complexity index is 517. The Morgan fingerprint density at radius 2 is 2.14 bits per heavy atom. The van der Waals surface area contributed by atoms with Crippen LogP contribution in [-0.4, -0.2) is 20.2 Å². The Morgan fingerprint density at radius 3 is 2.86 bits per heavy atom. The number of fused-ring (bicyclic) bond motifs is 1. The summed E-state index contributed by atoms with van der Waals surface area (Å²) in [6, 6.07) is 0. The molecule has 0 bridgehead atoms. The first-order valence-corrected chi connectivity index (χ1v) is 4.39. The van der Waals surface area contributed by atoms with Crippen molar-refractivity contribution in [3.05, 3.63) is 28.4 Å². The summed E-state index contributed by atoms with van der Waals surface area (Å²) in [5.41, 5.74) is 1.40. The zero-order chi connectivity index (χ0) is 10.1. The third-order valence-corrected chi connectivity index (χ3v) is 1.98. The maximum absolute atomic E-state index is 11.3. The zero-order valence-electron chi connectivity index (χ0n) is 7.98. The molecule has 2 aromatic heterocycles. The van der Waals surface area contributed by atoms with Gasteiger partial charge in [-0.15, -0.1) is 0 Å². The molecule has 0 aliphatic rings. The number of H-pyrrole nitrogens is 1. The number of nitrogens with zero attached hydrogens (tertiary/aromatic N) is 3. The van der Waals surface area contributed by atoms with Crippen LogP contribution in [0.4, 0.5) is 0 Å². The molecular weight excluding hydrogens is 180 g/mol. The Morgan fingerprint density at radius 1 is 1.36 bits per heavy atom. The first-order valence-electron chi connectivity index (χ1n) is 4.39. The Balaban J connectivity index is 2.76. The molecule has 0 atom stereocenters. The smallest absolute Gasteiger partial charge is 0.265 e. The summed E-state index contributed by atoms with van der Waals surface area (Å²) in [4.78, 5) is 19.7. The maximum Gasteiger partial charge on any atom is 0.292 e. The highest BCUT2D eigenvalue weighted by atomic mass is 16.1. The van der Waals surface area contributed by atoms with E-state index in [1.165, 1.54) is 6.20 Å². The summed E-state index contributed by atoms with van der Waals surface area (Å²) in [6.07, 6.45) is 3.17. The summed E-state index contributed by atoms with van der Waals surface area (Å²) in [5.74, 6) is 0.263. The minimum Gasteiger partial charge on any atom is -0.265 e. The number of rotatable bonds is 1.